The second-order valence-corrected chi connectivity index (χ2v) is 3.87. The smallest absolute Gasteiger partial charge is 0.133 e. The molecular formula is C14H11FN2O. The van der Waals surface area contributed by atoms with E-state index < -0.39 is 0 Å². The number of nitrogens with zero attached hydrogens (tertiary/aromatic N) is 1. The maximum Gasteiger partial charge on any atom is 0.133 e. The van der Waals surface area contributed by atoms with Crippen molar-refractivity contribution >= 4 is 5.69 Å². The number of nitriles is 1. The molecule has 0 aliphatic carbocycles. The molecule has 0 bridgehead atoms. The van der Waals surface area contributed by atoms with Crippen LogP contribution in [0.15, 0.2) is 36.4 Å². The van der Waals surface area contributed by atoms with E-state index in [2.05, 4.69) is 0 Å². The lowest BCUT2D eigenvalue weighted by molar-refractivity contribution is 0.473. The number of hydrogen-bond acceptors (Lipinski definition) is 3. The van der Waals surface area contributed by atoms with Crippen molar-refractivity contribution in [3.05, 3.63) is 53.3 Å². The van der Waals surface area contributed by atoms with Crippen LogP contribution in [0.1, 0.15) is 11.1 Å². The summed E-state index contributed by atoms with van der Waals surface area (Å²) in [6, 6.07) is 11.0. The molecule has 0 spiro atoms. The van der Waals surface area contributed by atoms with Gasteiger partial charge in [0.2, 0.25) is 0 Å². The first-order valence-corrected chi connectivity index (χ1v) is 5.34. The van der Waals surface area contributed by atoms with Gasteiger partial charge in [0, 0.05) is 17.8 Å². The van der Waals surface area contributed by atoms with Crippen LogP contribution in [0.25, 0.3) is 0 Å². The molecule has 4 heteroatoms. The predicted octanol–water partition coefficient (Wildman–Crippen LogP) is 3.38. The van der Waals surface area contributed by atoms with E-state index in [0.29, 0.717) is 22.7 Å². The summed E-state index contributed by atoms with van der Waals surface area (Å²) in [4.78, 5) is 0. The van der Waals surface area contributed by atoms with Crippen molar-refractivity contribution in [2.75, 3.05) is 5.73 Å². The van der Waals surface area contributed by atoms with Crippen molar-refractivity contribution in [1.82, 2.24) is 0 Å². The van der Waals surface area contributed by atoms with Gasteiger partial charge in [-0.25, -0.2) is 4.39 Å². The fraction of sp³-hybridized carbons (Fsp3) is 0.0714. The van der Waals surface area contributed by atoms with Crippen LogP contribution in [-0.2, 0) is 0 Å². The summed E-state index contributed by atoms with van der Waals surface area (Å²) in [7, 11) is 0. The molecule has 0 fully saturated rings. The molecule has 0 atom stereocenters. The van der Waals surface area contributed by atoms with Crippen LogP contribution >= 0.6 is 0 Å². The number of anilines is 1. The molecule has 18 heavy (non-hydrogen) atoms. The summed E-state index contributed by atoms with van der Waals surface area (Å²) in [5.74, 6) is 0.504. The third-order valence-corrected chi connectivity index (χ3v) is 2.52. The van der Waals surface area contributed by atoms with Crippen LogP contribution in [0.2, 0.25) is 0 Å². The van der Waals surface area contributed by atoms with Gasteiger partial charge in [-0.2, -0.15) is 5.26 Å². The topological polar surface area (TPSA) is 59.0 Å². The normalized spacial score (nSPS) is 9.83. The van der Waals surface area contributed by atoms with E-state index in [1.807, 2.05) is 13.0 Å². The van der Waals surface area contributed by atoms with Gasteiger partial charge >= 0.3 is 0 Å². The van der Waals surface area contributed by atoms with Crippen molar-refractivity contribution < 1.29 is 9.13 Å². The van der Waals surface area contributed by atoms with E-state index in [9.17, 15) is 4.39 Å². The number of hydrogen-bond donors (Lipinski definition) is 1. The lowest BCUT2D eigenvalue weighted by Crippen LogP contribution is -1.93. The van der Waals surface area contributed by atoms with Gasteiger partial charge in [-0.1, -0.05) is 6.07 Å². The molecule has 0 saturated carbocycles. The third-order valence-electron chi connectivity index (χ3n) is 2.52. The van der Waals surface area contributed by atoms with Crippen LogP contribution in [0, 0.1) is 24.1 Å². The highest BCUT2D eigenvalue weighted by Gasteiger charge is 2.05. The summed E-state index contributed by atoms with van der Waals surface area (Å²) in [5, 5.41) is 8.86. The van der Waals surface area contributed by atoms with E-state index >= 15 is 0 Å². The predicted molar refractivity (Wildman–Crippen MR) is 66.8 cm³/mol. The molecule has 2 rings (SSSR count). The van der Waals surface area contributed by atoms with Crippen LogP contribution in [-0.4, -0.2) is 0 Å². The van der Waals surface area contributed by atoms with Crippen molar-refractivity contribution in [1.29, 1.82) is 5.26 Å². The zero-order valence-electron chi connectivity index (χ0n) is 9.77. The number of benzene rings is 2. The average Bonchev–Trinajstić information content (AvgIpc) is 2.36. The Balaban J connectivity index is 2.34. The molecule has 0 aromatic heterocycles. The zero-order chi connectivity index (χ0) is 13.1. The summed E-state index contributed by atoms with van der Waals surface area (Å²) in [5.41, 5.74) is 7.15. The molecule has 2 N–H and O–H groups in total. The first kappa shape index (κ1) is 11.9. The van der Waals surface area contributed by atoms with E-state index in [1.54, 1.807) is 18.2 Å². The second-order valence-electron chi connectivity index (χ2n) is 3.87. The Morgan fingerprint density at radius 3 is 2.72 bits per heavy atom. The summed E-state index contributed by atoms with van der Waals surface area (Å²) >= 11 is 0. The van der Waals surface area contributed by atoms with Gasteiger partial charge in [0.1, 0.15) is 23.4 Å². The van der Waals surface area contributed by atoms with Crippen LogP contribution < -0.4 is 10.5 Å². The van der Waals surface area contributed by atoms with Crippen LogP contribution in [0.3, 0.4) is 0 Å². The second kappa shape index (κ2) is 4.76. The third kappa shape index (κ3) is 2.41. The molecule has 2 aromatic rings. The first-order chi connectivity index (χ1) is 8.60. The largest absolute Gasteiger partial charge is 0.457 e. The van der Waals surface area contributed by atoms with Gasteiger partial charge in [-0.3, -0.25) is 0 Å². The van der Waals surface area contributed by atoms with Crippen LogP contribution in [0.4, 0.5) is 10.1 Å². The summed E-state index contributed by atoms with van der Waals surface area (Å²) in [6.07, 6.45) is 0. The molecule has 0 aliphatic rings. The maximum atomic E-state index is 13.1. The number of halogens is 1. The fourth-order valence-corrected chi connectivity index (χ4v) is 1.51. The minimum Gasteiger partial charge on any atom is -0.457 e. The van der Waals surface area contributed by atoms with E-state index in [0.717, 1.165) is 5.56 Å². The molecule has 0 saturated heterocycles. The molecule has 0 radical (unpaired) electrons. The molecule has 0 heterocycles. The Hall–Kier alpha value is -2.54. The molecular weight excluding hydrogens is 231 g/mol. The van der Waals surface area contributed by atoms with Crippen molar-refractivity contribution in [3.63, 3.8) is 0 Å². The average molecular weight is 242 g/mol. The highest BCUT2D eigenvalue weighted by atomic mass is 19.1. The van der Waals surface area contributed by atoms with Gasteiger partial charge in [0.25, 0.3) is 0 Å². The number of ether oxygens (including phenoxy) is 1. The number of aryl methyl sites for hydroxylation is 1. The van der Waals surface area contributed by atoms with E-state index in [4.69, 9.17) is 15.7 Å². The Morgan fingerprint density at radius 1 is 1.22 bits per heavy atom. The molecule has 2 aromatic carbocycles. The minimum absolute atomic E-state index is 0.335. The maximum absolute atomic E-state index is 13.1. The van der Waals surface area contributed by atoms with Gasteiger partial charge in [-0.05, 0) is 30.7 Å². The Labute approximate surface area is 104 Å². The number of nitrogen functional groups attached to an aromatic ring is 1. The number of nitrogens with two attached hydrogens (primary N) is 1. The first-order valence-electron chi connectivity index (χ1n) is 5.34. The fourth-order valence-electron chi connectivity index (χ4n) is 1.51. The monoisotopic (exact) mass is 242 g/mol. The van der Waals surface area contributed by atoms with Gasteiger partial charge < -0.3 is 10.5 Å². The summed E-state index contributed by atoms with van der Waals surface area (Å²) < 4.78 is 18.6. The quantitative estimate of drug-likeness (QED) is 0.821. The SMILES string of the molecule is Cc1ccc(F)cc1Oc1ccc(N)c(C#N)c1. The molecule has 0 unspecified atom stereocenters. The Bertz CT molecular complexity index is 632. The lowest BCUT2D eigenvalue weighted by atomic mass is 10.2. The molecule has 90 valence electrons. The van der Waals surface area contributed by atoms with Crippen molar-refractivity contribution in [3.8, 4) is 17.6 Å². The zero-order valence-corrected chi connectivity index (χ0v) is 9.77. The Kier molecular flexibility index (Phi) is 3.16. The standard InChI is InChI=1S/C14H11FN2O/c1-9-2-3-11(15)7-14(9)18-12-4-5-13(17)10(6-12)8-16/h2-7H,17H2,1H3. The van der Waals surface area contributed by atoms with E-state index in [-0.39, 0.29) is 5.82 Å². The van der Waals surface area contributed by atoms with Gasteiger partial charge in [-0.15, -0.1) is 0 Å². The van der Waals surface area contributed by atoms with Crippen molar-refractivity contribution in [2.45, 2.75) is 6.92 Å². The number of rotatable bonds is 2. The van der Waals surface area contributed by atoms with Crippen LogP contribution in [0.5, 0.6) is 11.5 Å². The summed E-state index contributed by atoms with van der Waals surface area (Å²) in [6.45, 7) is 1.82. The lowest BCUT2D eigenvalue weighted by Gasteiger charge is -2.09. The Morgan fingerprint density at radius 2 is 2.00 bits per heavy atom. The molecule has 0 amide bonds. The van der Waals surface area contributed by atoms with E-state index in [1.165, 1.54) is 18.2 Å². The minimum atomic E-state index is -0.369. The molecule has 0 aliphatic heterocycles. The molecule has 3 nitrogen and oxygen atoms in total. The van der Waals surface area contributed by atoms with Gasteiger partial charge in [0.05, 0.1) is 5.56 Å². The van der Waals surface area contributed by atoms with Crippen molar-refractivity contribution in [2.24, 2.45) is 0 Å². The highest BCUT2D eigenvalue weighted by molar-refractivity contribution is 5.57. The highest BCUT2D eigenvalue weighted by Crippen LogP contribution is 2.27. The van der Waals surface area contributed by atoms with Gasteiger partial charge in [0.15, 0.2) is 0 Å².